The third-order valence-corrected chi connectivity index (χ3v) is 6.39. The maximum atomic E-state index is 13.7. The van der Waals surface area contributed by atoms with Gasteiger partial charge in [0.15, 0.2) is 0 Å². The number of carbonyl (C=O) groups excluding carboxylic acids is 4. The van der Waals surface area contributed by atoms with Crippen LogP contribution in [-0.2, 0) is 19.2 Å². The number of rotatable bonds is 12. The molecule has 1 heterocycles. The number of hydrogen-bond acceptors (Lipinski definition) is 5. The fourth-order valence-electron chi connectivity index (χ4n) is 4.58. The van der Waals surface area contributed by atoms with E-state index in [4.69, 9.17) is 0 Å². The fourth-order valence-corrected chi connectivity index (χ4v) is 4.58. The van der Waals surface area contributed by atoms with Crippen LogP contribution in [0.5, 0.6) is 0 Å². The monoisotopic (exact) mass is 566 g/mol. The van der Waals surface area contributed by atoms with Gasteiger partial charge < -0.3 is 21.3 Å². The van der Waals surface area contributed by atoms with Crippen molar-refractivity contribution in [3.8, 4) is 0 Å². The summed E-state index contributed by atoms with van der Waals surface area (Å²) in [6.45, 7) is 8.96. The van der Waals surface area contributed by atoms with Crippen molar-refractivity contribution >= 4 is 29.6 Å². The number of piperidine rings is 1. The van der Waals surface area contributed by atoms with Gasteiger partial charge in [0.05, 0.1) is 12.1 Å². The van der Waals surface area contributed by atoms with Crippen molar-refractivity contribution in [1.29, 1.82) is 0 Å². The minimum Gasteiger partial charge on any atom is -0.356 e. The normalized spacial score (nSPS) is 18.6. The van der Waals surface area contributed by atoms with E-state index < -0.39 is 53.4 Å². The lowest BCUT2D eigenvalue weighted by Crippen LogP contribution is -2.63. The third-order valence-electron chi connectivity index (χ3n) is 6.39. The standard InChI is InChI=1S/C29H41F3N4O4/c1-18(2)16-22(34-23(37)14-13-19-10-7-6-8-11-19)27(40)35-21(17-20-12-9-15-33-26(20)39)24(36-28(3,4)5)25(38)29(30,31)32/h6-8,10-11,13-14,18,20-22,24,36H,9,12,15-17H2,1-5H3,(H,33,39)(H,34,37)(H,35,40)/b14-13+/t20-,21-,22-,24+/m0/s1. The summed E-state index contributed by atoms with van der Waals surface area (Å²) < 4.78 is 41.1. The Labute approximate surface area is 233 Å². The minimum absolute atomic E-state index is 0.0444. The van der Waals surface area contributed by atoms with Crippen LogP contribution in [-0.4, -0.2) is 59.9 Å². The molecule has 0 saturated carbocycles. The highest BCUT2D eigenvalue weighted by Crippen LogP contribution is 2.25. The molecule has 222 valence electrons. The quantitative estimate of drug-likeness (QED) is 0.289. The zero-order valence-corrected chi connectivity index (χ0v) is 23.7. The highest BCUT2D eigenvalue weighted by molar-refractivity contribution is 5.96. The van der Waals surface area contributed by atoms with Gasteiger partial charge in [-0.25, -0.2) is 0 Å². The van der Waals surface area contributed by atoms with Crippen molar-refractivity contribution < 1.29 is 32.3 Å². The second-order valence-corrected chi connectivity index (χ2v) is 11.6. The lowest BCUT2D eigenvalue weighted by molar-refractivity contribution is -0.175. The first-order valence-electron chi connectivity index (χ1n) is 13.6. The molecule has 2 rings (SSSR count). The number of carbonyl (C=O) groups is 4. The molecule has 0 radical (unpaired) electrons. The molecule has 0 spiro atoms. The number of amides is 3. The topological polar surface area (TPSA) is 116 Å². The highest BCUT2D eigenvalue weighted by atomic mass is 19.4. The predicted molar refractivity (Wildman–Crippen MR) is 147 cm³/mol. The number of ketones is 1. The van der Waals surface area contributed by atoms with Crippen LogP contribution in [0.3, 0.4) is 0 Å². The molecule has 0 aromatic heterocycles. The van der Waals surface area contributed by atoms with Crippen molar-refractivity contribution in [3.63, 3.8) is 0 Å². The van der Waals surface area contributed by atoms with Crippen molar-refractivity contribution in [3.05, 3.63) is 42.0 Å². The molecule has 1 aliphatic heterocycles. The molecule has 0 aliphatic carbocycles. The van der Waals surface area contributed by atoms with Crippen molar-refractivity contribution in [2.75, 3.05) is 6.54 Å². The molecule has 1 aromatic rings. The first-order valence-corrected chi connectivity index (χ1v) is 13.6. The molecule has 1 aromatic carbocycles. The molecule has 1 aliphatic rings. The van der Waals surface area contributed by atoms with E-state index in [2.05, 4.69) is 21.3 Å². The van der Waals surface area contributed by atoms with Crippen LogP contribution in [0.2, 0.25) is 0 Å². The number of alkyl halides is 3. The van der Waals surface area contributed by atoms with Gasteiger partial charge in [-0.15, -0.1) is 0 Å². The van der Waals surface area contributed by atoms with Gasteiger partial charge in [0, 0.05) is 24.1 Å². The second kappa shape index (κ2) is 14.4. The zero-order valence-electron chi connectivity index (χ0n) is 23.7. The lowest BCUT2D eigenvalue weighted by atomic mass is 9.86. The molecule has 11 heteroatoms. The molecule has 40 heavy (non-hydrogen) atoms. The molecular weight excluding hydrogens is 525 g/mol. The van der Waals surface area contributed by atoms with E-state index >= 15 is 0 Å². The van der Waals surface area contributed by atoms with E-state index in [-0.39, 0.29) is 24.7 Å². The van der Waals surface area contributed by atoms with Crippen molar-refractivity contribution in [1.82, 2.24) is 21.3 Å². The van der Waals surface area contributed by atoms with Gasteiger partial charge >= 0.3 is 6.18 Å². The van der Waals surface area contributed by atoms with Gasteiger partial charge in [-0.2, -0.15) is 13.2 Å². The largest absolute Gasteiger partial charge is 0.451 e. The van der Waals surface area contributed by atoms with Crippen LogP contribution in [0.15, 0.2) is 36.4 Å². The summed E-state index contributed by atoms with van der Waals surface area (Å²) in [7, 11) is 0. The van der Waals surface area contributed by atoms with Gasteiger partial charge in [-0.1, -0.05) is 44.2 Å². The molecule has 8 nitrogen and oxygen atoms in total. The van der Waals surface area contributed by atoms with Gasteiger partial charge in [0.2, 0.25) is 17.7 Å². The van der Waals surface area contributed by atoms with Crippen LogP contribution in [0.4, 0.5) is 13.2 Å². The first-order chi connectivity index (χ1) is 18.6. The zero-order chi connectivity index (χ0) is 30.1. The average molecular weight is 567 g/mol. The molecular formula is C29H41F3N4O4. The van der Waals surface area contributed by atoms with Gasteiger partial charge in [0.25, 0.3) is 5.78 Å². The van der Waals surface area contributed by atoms with Crippen LogP contribution >= 0.6 is 0 Å². The Hall–Kier alpha value is -3.21. The SMILES string of the molecule is CC(C)C[C@H](NC(=O)/C=C/c1ccccc1)C(=O)N[C@@H](C[C@@H]1CCCNC1=O)[C@@H](NC(C)(C)C)C(=O)C(F)(F)F. The molecule has 0 unspecified atom stereocenters. The van der Waals surface area contributed by atoms with Crippen molar-refractivity contribution in [2.24, 2.45) is 11.8 Å². The lowest BCUT2D eigenvalue weighted by Gasteiger charge is -2.36. The molecule has 1 fully saturated rings. The maximum absolute atomic E-state index is 13.7. The highest BCUT2D eigenvalue weighted by Gasteiger charge is 2.48. The van der Waals surface area contributed by atoms with Crippen LogP contribution in [0, 0.1) is 11.8 Å². The second-order valence-electron chi connectivity index (χ2n) is 11.6. The summed E-state index contributed by atoms with van der Waals surface area (Å²) in [4.78, 5) is 51.3. The van der Waals surface area contributed by atoms with Gasteiger partial charge in [-0.05, 0) is 64.0 Å². The van der Waals surface area contributed by atoms with E-state index in [1.807, 2.05) is 32.0 Å². The summed E-state index contributed by atoms with van der Waals surface area (Å²) in [6, 6.07) is 4.77. The van der Waals surface area contributed by atoms with E-state index in [1.165, 1.54) is 6.08 Å². The summed E-state index contributed by atoms with van der Waals surface area (Å²) in [5.74, 6) is -4.39. The van der Waals surface area contributed by atoms with Gasteiger partial charge in [0.1, 0.15) is 6.04 Å². The van der Waals surface area contributed by atoms with Gasteiger partial charge in [-0.3, -0.25) is 19.2 Å². The maximum Gasteiger partial charge on any atom is 0.451 e. The summed E-state index contributed by atoms with van der Waals surface area (Å²) in [5, 5.41) is 10.7. The third kappa shape index (κ3) is 11.1. The Balaban J connectivity index is 2.35. The molecule has 4 N–H and O–H groups in total. The number of Topliss-reactive ketones (excluding diaryl/α,β-unsaturated/α-hetero) is 1. The number of halogens is 3. The van der Waals surface area contributed by atoms with Crippen molar-refractivity contribution in [2.45, 2.75) is 90.1 Å². The predicted octanol–water partition coefficient (Wildman–Crippen LogP) is 3.52. The Morgan fingerprint density at radius 2 is 1.73 bits per heavy atom. The summed E-state index contributed by atoms with van der Waals surface area (Å²) >= 11 is 0. The van der Waals surface area contributed by atoms with E-state index in [9.17, 15) is 32.3 Å². The Bertz CT molecular complexity index is 1050. The number of nitrogens with one attached hydrogen (secondary N) is 4. The molecule has 0 bridgehead atoms. The Kier molecular flexibility index (Phi) is 11.9. The van der Waals surface area contributed by atoms with Crippen LogP contribution < -0.4 is 21.3 Å². The minimum atomic E-state index is -5.17. The fraction of sp³-hybridized carbons (Fsp3) is 0.586. The Morgan fingerprint density at radius 1 is 1.07 bits per heavy atom. The Morgan fingerprint density at radius 3 is 2.27 bits per heavy atom. The molecule has 4 atom stereocenters. The number of benzene rings is 1. The first kappa shape index (κ1) is 33.0. The summed E-state index contributed by atoms with van der Waals surface area (Å²) in [5.41, 5.74) is -0.146. The van der Waals surface area contributed by atoms with E-state index in [0.717, 1.165) is 5.56 Å². The molecule has 3 amide bonds. The average Bonchev–Trinajstić information content (AvgIpc) is 2.85. The molecule has 1 saturated heterocycles. The van der Waals surface area contributed by atoms with Crippen LogP contribution in [0.25, 0.3) is 6.08 Å². The van der Waals surface area contributed by atoms with E-state index in [1.54, 1.807) is 39.0 Å². The van der Waals surface area contributed by atoms with E-state index in [0.29, 0.717) is 19.4 Å². The smallest absolute Gasteiger partial charge is 0.356 e. The summed E-state index contributed by atoms with van der Waals surface area (Å²) in [6.07, 6.45) is -1.25. The van der Waals surface area contributed by atoms with Crippen LogP contribution in [0.1, 0.15) is 65.9 Å². The number of hydrogen-bond donors (Lipinski definition) is 4.